The largest absolute Gasteiger partial charge is 0.361 e. The highest BCUT2D eigenvalue weighted by molar-refractivity contribution is 5.98. The third kappa shape index (κ3) is 2.24. The van der Waals surface area contributed by atoms with Crippen molar-refractivity contribution >= 4 is 17.2 Å². The van der Waals surface area contributed by atoms with Crippen LogP contribution in [0.3, 0.4) is 0 Å². The molecule has 3 aromatic heterocycles. The Labute approximate surface area is 127 Å². The zero-order valence-electron chi connectivity index (χ0n) is 12.9. The van der Waals surface area contributed by atoms with Gasteiger partial charge in [0, 0.05) is 11.8 Å². The van der Waals surface area contributed by atoms with Crippen LogP contribution in [0.4, 0.5) is 5.69 Å². The number of hydrogen-bond donors (Lipinski definition) is 1. The van der Waals surface area contributed by atoms with Crippen LogP contribution in [-0.4, -0.2) is 25.7 Å². The normalized spacial score (nSPS) is 11.8. The Bertz CT molecular complexity index is 827. The maximum Gasteiger partial charge on any atom is 0.234 e. The maximum absolute atomic E-state index is 12.7. The fraction of sp³-hybridized carbons (Fsp3) is 0.333. The van der Waals surface area contributed by atoms with E-state index >= 15 is 0 Å². The van der Waals surface area contributed by atoms with Gasteiger partial charge in [0.2, 0.25) is 5.91 Å². The molecule has 0 saturated carbocycles. The molecule has 0 atom stereocenters. The number of anilines is 1. The van der Waals surface area contributed by atoms with Crippen molar-refractivity contribution in [3.05, 3.63) is 41.7 Å². The molecule has 0 aromatic carbocycles. The molecule has 3 aromatic rings. The van der Waals surface area contributed by atoms with Gasteiger partial charge in [-0.15, -0.1) is 10.2 Å². The molecule has 0 aliphatic heterocycles. The van der Waals surface area contributed by atoms with Crippen LogP contribution in [0.2, 0.25) is 0 Å². The molecule has 3 rings (SSSR count). The van der Waals surface area contributed by atoms with Gasteiger partial charge in [0.05, 0.1) is 16.8 Å². The molecule has 0 bridgehead atoms. The van der Waals surface area contributed by atoms with Gasteiger partial charge < -0.3 is 9.84 Å². The minimum Gasteiger partial charge on any atom is -0.361 e. The number of rotatable bonds is 3. The molecular weight excluding hydrogens is 282 g/mol. The van der Waals surface area contributed by atoms with Gasteiger partial charge in [0.1, 0.15) is 12.1 Å². The lowest BCUT2D eigenvalue weighted by atomic mass is 9.82. The molecule has 0 radical (unpaired) electrons. The number of nitrogens with zero attached hydrogens (tertiary/aromatic N) is 4. The average Bonchev–Trinajstić information content (AvgIpc) is 3.05. The summed E-state index contributed by atoms with van der Waals surface area (Å²) in [7, 11) is 0. The highest BCUT2D eigenvalue weighted by Crippen LogP contribution is 2.30. The smallest absolute Gasteiger partial charge is 0.234 e. The van der Waals surface area contributed by atoms with E-state index < -0.39 is 5.41 Å². The number of fused-ring (bicyclic) bond motifs is 1. The summed E-state index contributed by atoms with van der Waals surface area (Å²) in [5.41, 5.74) is 2.19. The third-order valence-electron chi connectivity index (χ3n) is 3.77. The van der Waals surface area contributed by atoms with Crippen molar-refractivity contribution < 1.29 is 9.32 Å². The quantitative estimate of drug-likeness (QED) is 0.801. The summed E-state index contributed by atoms with van der Waals surface area (Å²) < 4.78 is 6.93. The van der Waals surface area contributed by atoms with Gasteiger partial charge in [-0.05, 0) is 39.8 Å². The van der Waals surface area contributed by atoms with Crippen molar-refractivity contribution in [2.45, 2.75) is 33.1 Å². The van der Waals surface area contributed by atoms with E-state index in [1.807, 2.05) is 27.7 Å². The summed E-state index contributed by atoms with van der Waals surface area (Å²) in [6.07, 6.45) is 3.36. The Morgan fingerprint density at radius 2 is 2.09 bits per heavy atom. The fourth-order valence-corrected chi connectivity index (χ4v) is 2.68. The minimum atomic E-state index is -0.754. The van der Waals surface area contributed by atoms with Crippen LogP contribution in [0.15, 0.2) is 29.2 Å². The van der Waals surface area contributed by atoms with Crippen molar-refractivity contribution in [2.24, 2.45) is 0 Å². The second-order valence-electron chi connectivity index (χ2n) is 5.79. The van der Waals surface area contributed by atoms with Crippen LogP contribution in [0.25, 0.3) is 5.65 Å². The van der Waals surface area contributed by atoms with Gasteiger partial charge in [0.25, 0.3) is 0 Å². The molecule has 3 heterocycles. The van der Waals surface area contributed by atoms with E-state index in [0.717, 1.165) is 16.9 Å². The Morgan fingerprint density at radius 3 is 2.77 bits per heavy atom. The minimum absolute atomic E-state index is 0.130. The first-order valence-corrected chi connectivity index (χ1v) is 6.94. The van der Waals surface area contributed by atoms with Gasteiger partial charge in [-0.1, -0.05) is 5.16 Å². The van der Waals surface area contributed by atoms with E-state index in [1.54, 1.807) is 29.1 Å². The molecule has 0 unspecified atom stereocenters. The summed E-state index contributed by atoms with van der Waals surface area (Å²) in [6, 6.07) is 3.59. The molecule has 0 aliphatic rings. The molecule has 1 N–H and O–H groups in total. The number of amides is 1. The van der Waals surface area contributed by atoms with Gasteiger partial charge in [0.15, 0.2) is 5.65 Å². The monoisotopic (exact) mass is 299 g/mol. The summed E-state index contributed by atoms with van der Waals surface area (Å²) in [5, 5.41) is 14.6. The highest BCUT2D eigenvalue weighted by Gasteiger charge is 2.35. The van der Waals surface area contributed by atoms with E-state index in [2.05, 4.69) is 20.7 Å². The number of pyridine rings is 1. The van der Waals surface area contributed by atoms with E-state index in [1.165, 1.54) is 0 Å². The average molecular weight is 299 g/mol. The molecule has 7 heteroatoms. The Hall–Kier alpha value is -2.70. The van der Waals surface area contributed by atoms with Crippen molar-refractivity contribution in [3.8, 4) is 0 Å². The zero-order chi connectivity index (χ0) is 15.9. The molecule has 0 spiro atoms. The van der Waals surface area contributed by atoms with Gasteiger partial charge in [-0.3, -0.25) is 9.20 Å². The molecule has 114 valence electrons. The summed E-state index contributed by atoms with van der Waals surface area (Å²) in [4.78, 5) is 12.7. The van der Waals surface area contributed by atoms with Gasteiger partial charge in [-0.2, -0.15) is 0 Å². The first-order valence-electron chi connectivity index (χ1n) is 6.94. The summed E-state index contributed by atoms with van der Waals surface area (Å²) >= 11 is 0. The highest BCUT2D eigenvalue weighted by atomic mass is 16.5. The van der Waals surface area contributed by atoms with Crippen molar-refractivity contribution in [1.82, 2.24) is 19.8 Å². The number of aromatic nitrogens is 4. The number of nitrogens with one attached hydrogen (secondary N) is 1. The van der Waals surface area contributed by atoms with Crippen LogP contribution in [0, 0.1) is 13.8 Å². The SMILES string of the molecule is Cc1noc(C)c1C(C)(C)C(=O)Nc1ccc2nncn2c1. The molecule has 0 fully saturated rings. The Balaban J connectivity index is 1.89. The second kappa shape index (κ2) is 4.94. The zero-order valence-corrected chi connectivity index (χ0v) is 12.9. The number of aryl methyl sites for hydroxylation is 2. The lowest BCUT2D eigenvalue weighted by Gasteiger charge is -2.23. The lowest BCUT2D eigenvalue weighted by Crippen LogP contribution is -2.35. The predicted molar refractivity (Wildman–Crippen MR) is 80.6 cm³/mol. The Morgan fingerprint density at radius 1 is 1.32 bits per heavy atom. The standard InChI is InChI=1S/C15H17N5O2/c1-9-13(10(2)22-19-9)15(3,4)14(21)17-11-5-6-12-18-16-8-20(12)7-11/h5-8H,1-4H3,(H,17,21). The lowest BCUT2D eigenvalue weighted by molar-refractivity contribution is -0.120. The van der Waals surface area contributed by atoms with E-state index in [0.29, 0.717) is 11.4 Å². The van der Waals surface area contributed by atoms with Crippen LogP contribution in [0.5, 0.6) is 0 Å². The summed E-state index contributed by atoms with van der Waals surface area (Å²) in [5.74, 6) is 0.529. The molecule has 22 heavy (non-hydrogen) atoms. The van der Waals surface area contributed by atoms with Gasteiger partial charge in [-0.25, -0.2) is 0 Å². The fourth-order valence-electron chi connectivity index (χ4n) is 2.68. The third-order valence-corrected chi connectivity index (χ3v) is 3.77. The van der Waals surface area contributed by atoms with Crippen LogP contribution in [-0.2, 0) is 10.2 Å². The molecule has 7 nitrogen and oxygen atoms in total. The second-order valence-corrected chi connectivity index (χ2v) is 5.79. The van der Waals surface area contributed by atoms with Crippen LogP contribution < -0.4 is 5.32 Å². The summed E-state index contributed by atoms with van der Waals surface area (Å²) in [6.45, 7) is 7.36. The molecular formula is C15H17N5O2. The van der Waals surface area contributed by atoms with E-state index in [4.69, 9.17) is 4.52 Å². The number of carbonyl (C=O) groups excluding carboxylic acids is 1. The first-order chi connectivity index (χ1) is 10.4. The van der Waals surface area contributed by atoms with Crippen molar-refractivity contribution in [2.75, 3.05) is 5.32 Å². The Kier molecular flexibility index (Phi) is 3.20. The van der Waals surface area contributed by atoms with Gasteiger partial charge >= 0.3 is 0 Å². The maximum atomic E-state index is 12.7. The molecule has 1 amide bonds. The number of hydrogen-bond acceptors (Lipinski definition) is 5. The van der Waals surface area contributed by atoms with Crippen LogP contribution >= 0.6 is 0 Å². The van der Waals surface area contributed by atoms with Crippen LogP contribution in [0.1, 0.15) is 30.9 Å². The molecule has 0 aliphatic carbocycles. The first kappa shape index (κ1) is 14.2. The topological polar surface area (TPSA) is 85.3 Å². The predicted octanol–water partition coefficient (Wildman–Crippen LogP) is 2.25. The van der Waals surface area contributed by atoms with Crippen molar-refractivity contribution in [1.29, 1.82) is 0 Å². The number of carbonyl (C=O) groups is 1. The molecule has 0 saturated heterocycles. The van der Waals surface area contributed by atoms with Crippen molar-refractivity contribution in [3.63, 3.8) is 0 Å². The van der Waals surface area contributed by atoms with E-state index in [-0.39, 0.29) is 5.91 Å². The van der Waals surface area contributed by atoms with E-state index in [9.17, 15) is 4.79 Å².